The van der Waals surface area contributed by atoms with Crippen molar-refractivity contribution in [3.8, 4) is 0 Å². The van der Waals surface area contributed by atoms with E-state index in [4.69, 9.17) is 4.74 Å². The normalized spacial score (nSPS) is 19.6. The molecule has 1 aromatic rings. The molecular formula is C12H14F2N2O2. The molecule has 1 aliphatic rings. The molecule has 1 atom stereocenters. The number of hydrogen-bond acceptors (Lipinski definition) is 3. The summed E-state index contributed by atoms with van der Waals surface area (Å²) in [5, 5.41) is 2.59. The first-order valence-corrected chi connectivity index (χ1v) is 5.84. The number of hydrogen-bond donors (Lipinski definition) is 1. The lowest BCUT2D eigenvalue weighted by molar-refractivity contribution is 0.0535. The summed E-state index contributed by atoms with van der Waals surface area (Å²) in [6, 6.07) is 0.644. The number of rotatable bonds is 3. The average Bonchev–Trinajstić information content (AvgIpc) is 2.37. The SMILES string of the molecule is O=C(NCC1CCCOC1)c1ncc(F)cc1F. The van der Waals surface area contributed by atoms with Crippen LogP contribution in [0, 0.1) is 17.6 Å². The number of pyridine rings is 1. The molecule has 1 saturated heterocycles. The summed E-state index contributed by atoms with van der Waals surface area (Å²) < 4.78 is 31.2. The van der Waals surface area contributed by atoms with Gasteiger partial charge in [-0.05, 0) is 18.8 Å². The number of nitrogens with zero attached hydrogens (tertiary/aromatic N) is 1. The molecule has 0 saturated carbocycles. The Morgan fingerprint density at radius 2 is 2.39 bits per heavy atom. The molecule has 0 radical (unpaired) electrons. The van der Waals surface area contributed by atoms with Gasteiger partial charge in [0, 0.05) is 19.2 Å². The number of amides is 1. The highest BCUT2D eigenvalue weighted by Gasteiger charge is 2.18. The summed E-state index contributed by atoms with van der Waals surface area (Å²) in [4.78, 5) is 15.1. The van der Waals surface area contributed by atoms with Crippen molar-refractivity contribution < 1.29 is 18.3 Å². The van der Waals surface area contributed by atoms with Crippen molar-refractivity contribution in [1.29, 1.82) is 0 Å². The van der Waals surface area contributed by atoms with Gasteiger partial charge in [-0.15, -0.1) is 0 Å². The standard InChI is InChI=1S/C12H14F2N2O2/c13-9-4-10(14)11(15-6-9)12(17)16-5-8-2-1-3-18-7-8/h4,6,8H,1-3,5,7H2,(H,16,17). The fraction of sp³-hybridized carbons (Fsp3) is 0.500. The minimum Gasteiger partial charge on any atom is -0.381 e. The van der Waals surface area contributed by atoms with Crippen molar-refractivity contribution in [3.05, 3.63) is 29.6 Å². The third kappa shape index (κ3) is 3.22. The Labute approximate surface area is 103 Å². The average molecular weight is 256 g/mol. The van der Waals surface area contributed by atoms with Gasteiger partial charge < -0.3 is 10.1 Å². The Kier molecular flexibility index (Phi) is 4.19. The molecule has 6 heteroatoms. The third-order valence-corrected chi connectivity index (χ3v) is 2.83. The summed E-state index contributed by atoms with van der Waals surface area (Å²) in [6.07, 6.45) is 2.75. The number of halogens is 2. The molecule has 1 amide bonds. The van der Waals surface area contributed by atoms with E-state index >= 15 is 0 Å². The Morgan fingerprint density at radius 3 is 3.06 bits per heavy atom. The molecule has 98 valence electrons. The lowest BCUT2D eigenvalue weighted by Gasteiger charge is -2.22. The molecule has 1 unspecified atom stereocenters. The topological polar surface area (TPSA) is 51.2 Å². The maximum atomic E-state index is 13.3. The van der Waals surface area contributed by atoms with Gasteiger partial charge in [0.25, 0.3) is 5.91 Å². The highest BCUT2D eigenvalue weighted by Crippen LogP contribution is 2.12. The second-order valence-electron chi connectivity index (χ2n) is 4.28. The zero-order valence-electron chi connectivity index (χ0n) is 9.79. The molecular weight excluding hydrogens is 242 g/mol. The maximum absolute atomic E-state index is 13.3. The van der Waals surface area contributed by atoms with Gasteiger partial charge in [0.05, 0.1) is 12.8 Å². The number of carbonyl (C=O) groups excluding carboxylic acids is 1. The van der Waals surface area contributed by atoms with Crippen molar-refractivity contribution in [1.82, 2.24) is 10.3 Å². The van der Waals surface area contributed by atoms with E-state index in [0.29, 0.717) is 19.2 Å². The van der Waals surface area contributed by atoms with Gasteiger partial charge >= 0.3 is 0 Å². The van der Waals surface area contributed by atoms with Crippen molar-refractivity contribution >= 4 is 5.91 Å². The first-order valence-electron chi connectivity index (χ1n) is 5.84. The van der Waals surface area contributed by atoms with Crippen LogP contribution in [0.25, 0.3) is 0 Å². The van der Waals surface area contributed by atoms with E-state index in [0.717, 1.165) is 25.6 Å². The molecule has 2 rings (SSSR count). The smallest absolute Gasteiger partial charge is 0.272 e. The third-order valence-electron chi connectivity index (χ3n) is 2.83. The second kappa shape index (κ2) is 5.86. The predicted molar refractivity (Wildman–Crippen MR) is 60.0 cm³/mol. The zero-order chi connectivity index (χ0) is 13.0. The number of ether oxygens (including phenoxy) is 1. The molecule has 0 bridgehead atoms. The number of nitrogens with one attached hydrogen (secondary N) is 1. The van der Waals surface area contributed by atoms with Gasteiger partial charge in [0.15, 0.2) is 11.5 Å². The fourth-order valence-corrected chi connectivity index (χ4v) is 1.87. The van der Waals surface area contributed by atoms with E-state index in [2.05, 4.69) is 10.3 Å². The Bertz CT molecular complexity index is 434. The largest absolute Gasteiger partial charge is 0.381 e. The lowest BCUT2D eigenvalue weighted by atomic mass is 10.0. The molecule has 1 fully saturated rings. The monoisotopic (exact) mass is 256 g/mol. The summed E-state index contributed by atoms with van der Waals surface area (Å²) in [6.45, 7) is 1.76. The van der Waals surface area contributed by atoms with Gasteiger partial charge in [0.1, 0.15) is 5.82 Å². The van der Waals surface area contributed by atoms with E-state index in [1.807, 2.05) is 0 Å². The Balaban J connectivity index is 1.90. The first kappa shape index (κ1) is 12.9. The molecule has 0 spiro atoms. The molecule has 0 aromatic carbocycles. The molecule has 2 heterocycles. The predicted octanol–water partition coefficient (Wildman–Crippen LogP) is 1.52. The Hall–Kier alpha value is -1.56. The van der Waals surface area contributed by atoms with Gasteiger partial charge in [-0.2, -0.15) is 0 Å². The van der Waals surface area contributed by atoms with E-state index in [1.165, 1.54) is 0 Å². The van der Waals surface area contributed by atoms with Crippen molar-refractivity contribution in [2.24, 2.45) is 5.92 Å². The van der Waals surface area contributed by atoms with Crippen LogP contribution in [0.3, 0.4) is 0 Å². The summed E-state index contributed by atoms with van der Waals surface area (Å²) in [5.74, 6) is -2.14. The van der Waals surface area contributed by atoms with Crippen molar-refractivity contribution in [3.63, 3.8) is 0 Å². The zero-order valence-corrected chi connectivity index (χ0v) is 9.79. The van der Waals surface area contributed by atoms with Crippen LogP contribution in [0.1, 0.15) is 23.3 Å². The summed E-state index contributed by atoms with van der Waals surface area (Å²) in [7, 11) is 0. The van der Waals surface area contributed by atoms with Crippen LogP contribution in [-0.4, -0.2) is 30.6 Å². The molecule has 4 nitrogen and oxygen atoms in total. The minimum atomic E-state index is -0.951. The second-order valence-corrected chi connectivity index (χ2v) is 4.28. The van der Waals surface area contributed by atoms with Crippen LogP contribution in [-0.2, 0) is 4.74 Å². The molecule has 1 N–H and O–H groups in total. The van der Waals surface area contributed by atoms with Crippen LogP contribution < -0.4 is 5.32 Å². The van der Waals surface area contributed by atoms with Crippen LogP contribution >= 0.6 is 0 Å². The van der Waals surface area contributed by atoms with Gasteiger partial charge in [-0.3, -0.25) is 4.79 Å². The lowest BCUT2D eigenvalue weighted by Crippen LogP contribution is -2.34. The number of carbonyl (C=O) groups is 1. The van der Waals surface area contributed by atoms with Crippen LogP contribution in [0.5, 0.6) is 0 Å². The minimum absolute atomic E-state index is 0.242. The van der Waals surface area contributed by atoms with Crippen LogP contribution in [0.15, 0.2) is 12.3 Å². The molecule has 18 heavy (non-hydrogen) atoms. The van der Waals surface area contributed by atoms with Crippen molar-refractivity contribution in [2.45, 2.75) is 12.8 Å². The molecule has 0 aliphatic carbocycles. The van der Waals surface area contributed by atoms with E-state index < -0.39 is 17.5 Å². The van der Waals surface area contributed by atoms with Gasteiger partial charge in [-0.25, -0.2) is 13.8 Å². The molecule has 1 aliphatic heterocycles. The number of aromatic nitrogens is 1. The fourth-order valence-electron chi connectivity index (χ4n) is 1.87. The quantitative estimate of drug-likeness (QED) is 0.892. The van der Waals surface area contributed by atoms with E-state index in [9.17, 15) is 13.6 Å². The van der Waals surface area contributed by atoms with E-state index in [1.54, 1.807) is 0 Å². The van der Waals surface area contributed by atoms with Gasteiger partial charge in [-0.1, -0.05) is 0 Å². The van der Waals surface area contributed by atoms with Crippen LogP contribution in [0.2, 0.25) is 0 Å². The Morgan fingerprint density at radius 1 is 1.56 bits per heavy atom. The molecule has 1 aromatic heterocycles. The highest BCUT2D eigenvalue weighted by molar-refractivity contribution is 5.92. The summed E-state index contributed by atoms with van der Waals surface area (Å²) >= 11 is 0. The summed E-state index contributed by atoms with van der Waals surface area (Å²) in [5.41, 5.74) is -0.381. The highest BCUT2D eigenvalue weighted by atomic mass is 19.1. The first-order chi connectivity index (χ1) is 8.66. The van der Waals surface area contributed by atoms with Crippen molar-refractivity contribution in [2.75, 3.05) is 19.8 Å². The van der Waals surface area contributed by atoms with E-state index in [-0.39, 0.29) is 11.6 Å². The van der Waals surface area contributed by atoms with Crippen LogP contribution in [0.4, 0.5) is 8.78 Å². The maximum Gasteiger partial charge on any atom is 0.272 e. The van der Waals surface area contributed by atoms with Gasteiger partial charge in [0.2, 0.25) is 0 Å².